The summed E-state index contributed by atoms with van der Waals surface area (Å²) in [4.78, 5) is 4.42. The largest absolute Gasteiger partial charge is 0.454 e. The molecule has 20 heavy (non-hydrogen) atoms. The lowest BCUT2D eigenvalue weighted by Gasteiger charge is -2.11. The molecule has 1 aromatic carbocycles. The molecule has 0 radical (unpaired) electrons. The Hall–Kier alpha value is -1.31. The summed E-state index contributed by atoms with van der Waals surface area (Å²) in [6.45, 7) is 2.34. The van der Waals surface area contributed by atoms with Crippen LogP contribution in [0.2, 0.25) is 0 Å². The van der Waals surface area contributed by atoms with Gasteiger partial charge in [0.2, 0.25) is 6.79 Å². The van der Waals surface area contributed by atoms with E-state index in [1.165, 1.54) is 11.5 Å². The maximum atomic E-state index is 6.22. The van der Waals surface area contributed by atoms with Crippen molar-refractivity contribution in [2.75, 3.05) is 12.5 Å². The molecule has 2 N–H and O–H groups in total. The van der Waals surface area contributed by atoms with Gasteiger partial charge in [-0.25, -0.2) is 4.98 Å². The van der Waals surface area contributed by atoms with Crippen LogP contribution < -0.4 is 15.2 Å². The van der Waals surface area contributed by atoms with E-state index in [1.807, 2.05) is 18.2 Å². The van der Waals surface area contributed by atoms with Crippen LogP contribution in [0.5, 0.6) is 11.5 Å². The summed E-state index contributed by atoms with van der Waals surface area (Å²) < 4.78 is 15.9. The predicted octanol–water partition coefficient (Wildman–Crippen LogP) is 2.62. The fraction of sp³-hybridized carbons (Fsp3) is 0.385. The zero-order valence-electron chi connectivity index (χ0n) is 11.0. The molecule has 7 heteroatoms. The Bertz CT molecular complexity index is 603. The summed E-state index contributed by atoms with van der Waals surface area (Å²) in [6.07, 6.45) is 0.866. The molecule has 0 amide bonds. The number of hydrogen-bond acceptors (Lipinski definition) is 7. The Morgan fingerprint density at radius 1 is 1.40 bits per heavy atom. The number of thioether (sulfide) groups is 1. The molecule has 0 saturated carbocycles. The fourth-order valence-corrected chi connectivity index (χ4v) is 3.55. The van der Waals surface area contributed by atoms with Crippen LogP contribution in [0, 0.1) is 0 Å². The van der Waals surface area contributed by atoms with Crippen LogP contribution in [-0.4, -0.2) is 21.9 Å². The summed E-state index contributed by atoms with van der Waals surface area (Å²) in [7, 11) is 0. The molecule has 1 aliphatic rings. The van der Waals surface area contributed by atoms with E-state index in [1.54, 1.807) is 11.8 Å². The molecule has 1 unspecified atom stereocenters. The Balaban J connectivity index is 1.62. The van der Waals surface area contributed by atoms with Crippen LogP contribution in [0.1, 0.15) is 24.4 Å². The lowest BCUT2D eigenvalue weighted by atomic mass is 10.1. The third-order valence-corrected chi connectivity index (χ3v) is 4.97. The van der Waals surface area contributed by atoms with Gasteiger partial charge in [-0.05, 0) is 29.2 Å². The van der Waals surface area contributed by atoms with Crippen LogP contribution in [0.3, 0.4) is 0 Å². The quantitative estimate of drug-likeness (QED) is 0.856. The Morgan fingerprint density at radius 2 is 2.25 bits per heavy atom. The van der Waals surface area contributed by atoms with Gasteiger partial charge in [0.25, 0.3) is 0 Å². The van der Waals surface area contributed by atoms with Gasteiger partial charge in [0.05, 0.1) is 0 Å². The minimum absolute atomic E-state index is 0.0662. The molecule has 2 aromatic rings. The molecule has 1 aromatic heterocycles. The van der Waals surface area contributed by atoms with Gasteiger partial charge >= 0.3 is 0 Å². The van der Waals surface area contributed by atoms with E-state index in [9.17, 15) is 0 Å². The molecule has 0 aliphatic carbocycles. The number of ether oxygens (including phenoxy) is 2. The van der Waals surface area contributed by atoms with Crippen molar-refractivity contribution in [3.63, 3.8) is 0 Å². The summed E-state index contributed by atoms with van der Waals surface area (Å²) in [5.74, 6) is 3.21. The van der Waals surface area contributed by atoms with E-state index in [2.05, 4.69) is 16.3 Å². The van der Waals surface area contributed by atoms with Crippen LogP contribution in [0.4, 0.5) is 0 Å². The normalized spacial score (nSPS) is 14.5. The number of hydrogen-bond donors (Lipinski definition) is 1. The molecular weight excluding hydrogens is 294 g/mol. The number of nitrogens with two attached hydrogens (primary N) is 1. The van der Waals surface area contributed by atoms with Gasteiger partial charge in [0.15, 0.2) is 15.8 Å². The number of fused-ring (bicyclic) bond motifs is 1. The monoisotopic (exact) mass is 309 g/mol. The Kier molecular flexibility index (Phi) is 4.09. The molecule has 5 nitrogen and oxygen atoms in total. The van der Waals surface area contributed by atoms with Gasteiger partial charge in [0.1, 0.15) is 5.82 Å². The second kappa shape index (κ2) is 5.99. The van der Waals surface area contributed by atoms with Gasteiger partial charge in [-0.15, -0.1) is 0 Å². The zero-order chi connectivity index (χ0) is 13.9. The zero-order valence-corrected chi connectivity index (χ0v) is 12.7. The predicted molar refractivity (Wildman–Crippen MR) is 79.5 cm³/mol. The minimum atomic E-state index is -0.0662. The Labute approximate surface area is 125 Å². The SMILES string of the molecule is CCc1nsc(SCC(N)c2ccc3c(c2)OCO3)n1. The number of rotatable bonds is 5. The second-order valence-electron chi connectivity index (χ2n) is 4.36. The smallest absolute Gasteiger partial charge is 0.231 e. The van der Waals surface area contributed by atoms with Crippen molar-refractivity contribution >= 4 is 23.3 Å². The molecule has 0 saturated heterocycles. The van der Waals surface area contributed by atoms with Crippen molar-refractivity contribution in [1.29, 1.82) is 0 Å². The van der Waals surface area contributed by atoms with Crippen molar-refractivity contribution in [3.8, 4) is 11.5 Å². The number of nitrogens with zero attached hydrogens (tertiary/aromatic N) is 2. The maximum absolute atomic E-state index is 6.22. The number of benzene rings is 1. The van der Waals surface area contributed by atoms with Gasteiger partial charge < -0.3 is 15.2 Å². The standard InChI is InChI=1S/C13H15N3O2S2/c1-2-12-15-13(20-16-12)19-6-9(14)8-3-4-10-11(5-8)18-7-17-10/h3-5,9H,2,6-7,14H2,1H3. The lowest BCUT2D eigenvalue weighted by Crippen LogP contribution is -2.12. The Morgan fingerprint density at radius 3 is 3.05 bits per heavy atom. The molecular formula is C13H15N3O2S2. The van der Waals surface area contributed by atoms with Gasteiger partial charge in [-0.2, -0.15) is 4.37 Å². The maximum Gasteiger partial charge on any atom is 0.231 e. The summed E-state index contributed by atoms with van der Waals surface area (Å²) in [5.41, 5.74) is 7.26. The lowest BCUT2D eigenvalue weighted by molar-refractivity contribution is 0.174. The van der Waals surface area contributed by atoms with E-state index in [4.69, 9.17) is 15.2 Å². The van der Waals surface area contributed by atoms with Gasteiger partial charge in [0, 0.05) is 18.2 Å². The highest BCUT2D eigenvalue weighted by Gasteiger charge is 2.16. The topological polar surface area (TPSA) is 70.3 Å². The average Bonchev–Trinajstić information content (AvgIpc) is 3.12. The highest BCUT2D eigenvalue weighted by atomic mass is 32.2. The van der Waals surface area contributed by atoms with Crippen LogP contribution in [-0.2, 0) is 6.42 Å². The highest BCUT2D eigenvalue weighted by molar-refractivity contribution is 8.00. The van der Waals surface area contributed by atoms with Crippen molar-refractivity contribution in [1.82, 2.24) is 9.36 Å². The van der Waals surface area contributed by atoms with Crippen molar-refractivity contribution in [3.05, 3.63) is 29.6 Å². The van der Waals surface area contributed by atoms with Gasteiger partial charge in [-0.3, -0.25) is 0 Å². The first-order valence-corrected chi connectivity index (χ1v) is 8.12. The van der Waals surface area contributed by atoms with Gasteiger partial charge in [-0.1, -0.05) is 24.8 Å². The first-order valence-electron chi connectivity index (χ1n) is 6.36. The summed E-state index contributed by atoms with van der Waals surface area (Å²) in [6, 6.07) is 5.77. The molecule has 106 valence electrons. The molecule has 1 atom stereocenters. The first kappa shape index (κ1) is 13.7. The first-order chi connectivity index (χ1) is 9.76. The summed E-state index contributed by atoms with van der Waals surface area (Å²) in [5, 5.41) is 0. The van der Waals surface area contributed by atoms with Crippen molar-refractivity contribution in [2.45, 2.75) is 23.7 Å². The van der Waals surface area contributed by atoms with E-state index >= 15 is 0 Å². The van der Waals surface area contributed by atoms with Crippen LogP contribution in [0.15, 0.2) is 22.5 Å². The molecule has 0 bridgehead atoms. The van der Waals surface area contributed by atoms with E-state index < -0.39 is 0 Å². The molecule has 2 heterocycles. The minimum Gasteiger partial charge on any atom is -0.454 e. The van der Waals surface area contributed by atoms with Crippen molar-refractivity contribution < 1.29 is 9.47 Å². The number of aromatic nitrogens is 2. The third kappa shape index (κ3) is 2.89. The molecule has 1 aliphatic heterocycles. The average molecular weight is 309 g/mol. The van der Waals surface area contributed by atoms with Crippen molar-refractivity contribution in [2.24, 2.45) is 5.73 Å². The van der Waals surface area contributed by atoms with Crippen LogP contribution >= 0.6 is 23.3 Å². The molecule has 3 rings (SSSR count). The van der Waals surface area contributed by atoms with E-state index in [0.29, 0.717) is 0 Å². The highest BCUT2D eigenvalue weighted by Crippen LogP contribution is 2.35. The van der Waals surface area contributed by atoms with E-state index in [-0.39, 0.29) is 12.8 Å². The third-order valence-electron chi connectivity index (χ3n) is 2.98. The molecule has 0 spiro atoms. The fourth-order valence-electron chi connectivity index (χ4n) is 1.84. The number of aryl methyl sites for hydroxylation is 1. The second-order valence-corrected chi connectivity index (χ2v) is 6.38. The summed E-state index contributed by atoms with van der Waals surface area (Å²) >= 11 is 3.07. The van der Waals surface area contributed by atoms with E-state index in [0.717, 1.165) is 39.4 Å². The molecule has 0 fully saturated rings. The van der Waals surface area contributed by atoms with Crippen LogP contribution in [0.25, 0.3) is 0 Å².